The summed E-state index contributed by atoms with van der Waals surface area (Å²) in [5.74, 6) is 0. The van der Waals surface area contributed by atoms with Crippen molar-refractivity contribution >= 4 is 5.69 Å². The van der Waals surface area contributed by atoms with E-state index in [2.05, 4.69) is 44.2 Å². The molecule has 0 heterocycles. The molecule has 0 radical (unpaired) electrons. The van der Waals surface area contributed by atoms with Gasteiger partial charge in [0.05, 0.1) is 6.04 Å². The SMILES string of the molecule is CCCCCCCCc1cc2c(c(CCCCCCCC)c1N)C(N)c1ccccc1-2. The molecule has 3 rings (SSSR count). The van der Waals surface area contributed by atoms with Gasteiger partial charge in [-0.05, 0) is 65.1 Å². The monoisotopic (exact) mass is 420 g/mol. The van der Waals surface area contributed by atoms with Gasteiger partial charge < -0.3 is 11.5 Å². The second-order valence-corrected chi connectivity index (χ2v) is 9.49. The van der Waals surface area contributed by atoms with Gasteiger partial charge in [-0.2, -0.15) is 0 Å². The van der Waals surface area contributed by atoms with Crippen LogP contribution in [0.5, 0.6) is 0 Å². The minimum Gasteiger partial charge on any atom is -0.398 e. The smallest absolute Gasteiger partial charge is 0.0567 e. The van der Waals surface area contributed by atoms with Gasteiger partial charge in [-0.1, -0.05) is 102 Å². The molecule has 2 nitrogen and oxygen atoms in total. The van der Waals surface area contributed by atoms with Crippen LogP contribution in [0.1, 0.15) is 119 Å². The van der Waals surface area contributed by atoms with Crippen molar-refractivity contribution in [3.63, 3.8) is 0 Å². The van der Waals surface area contributed by atoms with E-state index >= 15 is 0 Å². The Labute approximate surface area is 190 Å². The van der Waals surface area contributed by atoms with E-state index in [-0.39, 0.29) is 6.04 Å². The summed E-state index contributed by atoms with van der Waals surface area (Å²) in [6.07, 6.45) is 17.9. The van der Waals surface area contributed by atoms with Crippen molar-refractivity contribution in [1.29, 1.82) is 0 Å². The Balaban J connectivity index is 1.77. The zero-order valence-electron chi connectivity index (χ0n) is 20.0. The molecular formula is C29H44N2. The zero-order chi connectivity index (χ0) is 22.1. The highest BCUT2D eigenvalue weighted by Crippen LogP contribution is 2.47. The molecule has 0 saturated heterocycles. The summed E-state index contributed by atoms with van der Waals surface area (Å²) in [5, 5.41) is 0. The number of fused-ring (bicyclic) bond motifs is 3. The molecule has 2 aromatic carbocycles. The Kier molecular flexibility index (Phi) is 9.46. The van der Waals surface area contributed by atoms with Gasteiger partial charge in [0.1, 0.15) is 0 Å². The molecule has 0 amide bonds. The molecule has 0 aliphatic heterocycles. The van der Waals surface area contributed by atoms with Crippen molar-refractivity contribution in [2.45, 2.75) is 110 Å². The maximum Gasteiger partial charge on any atom is 0.0567 e. The van der Waals surface area contributed by atoms with E-state index in [1.54, 1.807) is 0 Å². The molecule has 0 fully saturated rings. The summed E-state index contributed by atoms with van der Waals surface area (Å²) in [6, 6.07) is 11.0. The lowest BCUT2D eigenvalue weighted by molar-refractivity contribution is 0.604. The number of hydrogen-bond donors (Lipinski definition) is 2. The highest BCUT2D eigenvalue weighted by atomic mass is 14.7. The zero-order valence-corrected chi connectivity index (χ0v) is 20.0. The van der Waals surface area contributed by atoms with E-state index in [4.69, 9.17) is 11.5 Å². The van der Waals surface area contributed by atoms with Crippen LogP contribution in [-0.4, -0.2) is 0 Å². The van der Waals surface area contributed by atoms with Crippen molar-refractivity contribution in [2.24, 2.45) is 5.73 Å². The Hall–Kier alpha value is -1.80. The number of anilines is 1. The van der Waals surface area contributed by atoms with E-state index in [0.29, 0.717) is 0 Å². The molecule has 0 bridgehead atoms. The van der Waals surface area contributed by atoms with Gasteiger partial charge in [0, 0.05) is 5.69 Å². The van der Waals surface area contributed by atoms with Crippen molar-refractivity contribution in [2.75, 3.05) is 5.73 Å². The highest BCUT2D eigenvalue weighted by Gasteiger charge is 2.30. The Morgan fingerprint density at radius 3 is 1.97 bits per heavy atom. The van der Waals surface area contributed by atoms with Gasteiger partial charge in [0.15, 0.2) is 0 Å². The first-order chi connectivity index (χ1) is 15.2. The van der Waals surface area contributed by atoms with Gasteiger partial charge in [-0.25, -0.2) is 0 Å². The van der Waals surface area contributed by atoms with E-state index in [1.165, 1.54) is 110 Å². The van der Waals surface area contributed by atoms with Crippen LogP contribution in [0.3, 0.4) is 0 Å². The molecule has 31 heavy (non-hydrogen) atoms. The van der Waals surface area contributed by atoms with Crippen LogP contribution in [0.4, 0.5) is 5.69 Å². The Morgan fingerprint density at radius 1 is 0.710 bits per heavy atom. The molecule has 1 unspecified atom stereocenters. The molecule has 0 saturated carbocycles. The van der Waals surface area contributed by atoms with Crippen LogP contribution in [0.15, 0.2) is 30.3 Å². The molecule has 0 aromatic heterocycles. The molecule has 170 valence electrons. The van der Waals surface area contributed by atoms with E-state index < -0.39 is 0 Å². The minimum absolute atomic E-state index is 0.0355. The molecular weight excluding hydrogens is 376 g/mol. The molecule has 1 atom stereocenters. The number of rotatable bonds is 14. The summed E-state index contributed by atoms with van der Waals surface area (Å²) in [4.78, 5) is 0. The number of nitrogen functional groups attached to an aromatic ring is 1. The van der Waals surface area contributed by atoms with Gasteiger partial charge in [-0.3, -0.25) is 0 Å². The predicted octanol–water partition coefficient (Wildman–Crippen LogP) is 8.10. The van der Waals surface area contributed by atoms with Crippen LogP contribution < -0.4 is 11.5 Å². The summed E-state index contributed by atoms with van der Waals surface area (Å²) in [7, 11) is 0. The fourth-order valence-corrected chi connectivity index (χ4v) is 5.23. The largest absolute Gasteiger partial charge is 0.398 e. The van der Waals surface area contributed by atoms with Gasteiger partial charge in [-0.15, -0.1) is 0 Å². The van der Waals surface area contributed by atoms with Crippen molar-refractivity contribution in [3.05, 3.63) is 52.6 Å². The highest BCUT2D eigenvalue weighted by molar-refractivity contribution is 5.83. The van der Waals surface area contributed by atoms with Gasteiger partial charge >= 0.3 is 0 Å². The topological polar surface area (TPSA) is 52.0 Å². The second-order valence-electron chi connectivity index (χ2n) is 9.49. The van der Waals surface area contributed by atoms with Crippen LogP contribution in [0, 0.1) is 0 Å². The number of aryl methyl sites for hydroxylation is 1. The molecule has 1 aliphatic carbocycles. The summed E-state index contributed by atoms with van der Waals surface area (Å²) >= 11 is 0. The van der Waals surface area contributed by atoms with E-state index in [1.807, 2.05) is 0 Å². The molecule has 2 heteroatoms. The fraction of sp³-hybridized carbons (Fsp3) is 0.586. The number of hydrogen-bond acceptors (Lipinski definition) is 2. The normalized spacial score (nSPS) is 14.6. The molecule has 2 aromatic rings. The standard InChI is InChI=1S/C29H44N2/c1-3-5-7-9-11-13-17-22-21-26-23-18-15-16-19-24(23)29(31)27(26)25(28(22)30)20-14-12-10-8-6-4-2/h15-16,18-19,21,29H,3-14,17,20,30-31H2,1-2H3. The average Bonchev–Trinajstić information content (AvgIpc) is 3.06. The number of unbranched alkanes of at least 4 members (excludes halogenated alkanes) is 10. The lowest BCUT2D eigenvalue weighted by atomic mass is 9.89. The average molecular weight is 421 g/mol. The second kappa shape index (κ2) is 12.3. The van der Waals surface area contributed by atoms with E-state index in [0.717, 1.165) is 18.5 Å². The third-order valence-electron chi connectivity index (χ3n) is 7.08. The lowest BCUT2D eigenvalue weighted by Crippen LogP contribution is -2.13. The number of benzene rings is 2. The molecule has 1 aliphatic rings. The summed E-state index contributed by atoms with van der Waals surface area (Å²) in [5.41, 5.74) is 22.5. The first-order valence-corrected chi connectivity index (χ1v) is 13.0. The third kappa shape index (κ3) is 5.92. The quantitative estimate of drug-likeness (QED) is 0.239. The minimum atomic E-state index is -0.0355. The summed E-state index contributed by atoms with van der Waals surface area (Å²) in [6.45, 7) is 4.55. The van der Waals surface area contributed by atoms with Crippen LogP contribution in [0.2, 0.25) is 0 Å². The maximum absolute atomic E-state index is 6.82. The fourth-order valence-electron chi connectivity index (χ4n) is 5.23. The lowest BCUT2D eigenvalue weighted by Gasteiger charge is -2.19. The van der Waals surface area contributed by atoms with Crippen LogP contribution in [0.25, 0.3) is 11.1 Å². The van der Waals surface area contributed by atoms with Crippen molar-refractivity contribution in [3.8, 4) is 11.1 Å². The maximum atomic E-state index is 6.82. The Morgan fingerprint density at radius 2 is 1.29 bits per heavy atom. The molecule has 0 spiro atoms. The third-order valence-corrected chi connectivity index (χ3v) is 7.08. The van der Waals surface area contributed by atoms with Crippen molar-refractivity contribution in [1.82, 2.24) is 0 Å². The first kappa shape index (κ1) is 23.9. The summed E-state index contributed by atoms with van der Waals surface area (Å²) < 4.78 is 0. The van der Waals surface area contributed by atoms with Crippen molar-refractivity contribution < 1.29 is 0 Å². The van der Waals surface area contributed by atoms with Gasteiger partial charge in [0.25, 0.3) is 0 Å². The van der Waals surface area contributed by atoms with E-state index in [9.17, 15) is 0 Å². The van der Waals surface area contributed by atoms with Crippen LogP contribution >= 0.6 is 0 Å². The van der Waals surface area contributed by atoms with Crippen LogP contribution in [-0.2, 0) is 12.8 Å². The Bertz CT molecular complexity index is 824. The molecule has 4 N–H and O–H groups in total. The first-order valence-electron chi connectivity index (χ1n) is 13.0. The number of nitrogens with two attached hydrogens (primary N) is 2. The van der Waals surface area contributed by atoms with Gasteiger partial charge in [0.2, 0.25) is 0 Å². The predicted molar refractivity (Wildman–Crippen MR) is 136 cm³/mol.